The number of rotatable bonds is 7. The number of carbonyl (C=O) groups is 1. The first-order valence-electron chi connectivity index (χ1n) is 10.0. The molecule has 0 bridgehead atoms. The van der Waals surface area contributed by atoms with Gasteiger partial charge < -0.3 is 14.2 Å². The van der Waals surface area contributed by atoms with E-state index in [0.717, 1.165) is 4.47 Å². The lowest BCUT2D eigenvalue weighted by Gasteiger charge is -2.17. The van der Waals surface area contributed by atoms with Gasteiger partial charge in [0, 0.05) is 27.0 Å². The van der Waals surface area contributed by atoms with Crippen LogP contribution in [0, 0.1) is 0 Å². The van der Waals surface area contributed by atoms with Gasteiger partial charge in [-0.25, -0.2) is 9.78 Å². The highest BCUT2D eigenvalue weighted by molar-refractivity contribution is 9.10. The molecule has 8 nitrogen and oxygen atoms in total. The molecule has 33 heavy (non-hydrogen) atoms. The third kappa shape index (κ3) is 5.36. The molecule has 0 aliphatic rings. The number of halogens is 2. The van der Waals surface area contributed by atoms with E-state index in [9.17, 15) is 9.59 Å². The Labute approximate surface area is 204 Å². The van der Waals surface area contributed by atoms with Crippen LogP contribution in [0.15, 0.2) is 44.7 Å². The predicted molar refractivity (Wildman–Crippen MR) is 131 cm³/mol. The molecule has 0 saturated carbocycles. The molecule has 1 aromatic heterocycles. The first-order valence-corrected chi connectivity index (χ1v) is 11.2. The highest BCUT2D eigenvalue weighted by atomic mass is 79.9. The highest BCUT2D eigenvalue weighted by Gasteiger charge is 2.21. The van der Waals surface area contributed by atoms with Gasteiger partial charge in [0.2, 0.25) is 0 Å². The standard InChI is InChI=1S/C23H23BrClN3O5/c1-12(2)21-27-18-7-6-15(24)9-17(18)22(29)28(21)26-11-14-8-16(25)10-19(31-4)20(14)33-13(3)23(30)32-5/h6-13H,1-5H3/t13-/m0/s1. The minimum absolute atomic E-state index is 0.0770. The number of esters is 1. The maximum absolute atomic E-state index is 13.3. The fraction of sp³-hybridized carbons (Fsp3) is 0.304. The van der Waals surface area contributed by atoms with Gasteiger partial charge in [0.15, 0.2) is 17.6 Å². The van der Waals surface area contributed by atoms with Crippen molar-refractivity contribution in [2.75, 3.05) is 14.2 Å². The average Bonchev–Trinajstić information content (AvgIpc) is 2.78. The van der Waals surface area contributed by atoms with Gasteiger partial charge >= 0.3 is 5.97 Å². The van der Waals surface area contributed by atoms with Crippen molar-refractivity contribution in [3.63, 3.8) is 0 Å². The summed E-state index contributed by atoms with van der Waals surface area (Å²) in [6.07, 6.45) is 0.512. The Bertz CT molecular complexity index is 1290. The second-order valence-electron chi connectivity index (χ2n) is 7.46. The van der Waals surface area contributed by atoms with Crippen molar-refractivity contribution in [3.8, 4) is 11.5 Å². The molecule has 0 radical (unpaired) electrons. The zero-order valence-corrected chi connectivity index (χ0v) is 21.1. The maximum atomic E-state index is 13.3. The molecule has 0 fully saturated rings. The van der Waals surface area contributed by atoms with E-state index in [2.05, 4.69) is 26.0 Å². The van der Waals surface area contributed by atoms with Crippen LogP contribution >= 0.6 is 27.5 Å². The van der Waals surface area contributed by atoms with Crippen molar-refractivity contribution in [2.24, 2.45) is 5.10 Å². The molecule has 1 heterocycles. The Balaban J connectivity index is 2.17. The van der Waals surface area contributed by atoms with Crippen molar-refractivity contribution in [1.82, 2.24) is 9.66 Å². The van der Waals surface area contributed by atoms with Crippen LogP contribution in [0.5, 0.6) is 11.5 Å². The molecule has 0 aliphatic heterocycles. The van der Waals surface area contributed by atoms with Gasteiger partial charge in [-0.3, -0.25) is 4.79 Å². The zero-order chi connectivity index (χ0) is 24.3. The first-order chi connectivity index (χ1) is 15.7. The summed E-state index contributed by atoms with van der Waals surface area (Å²) in [4.78, 5) is 29.8. The van der Waals surface area contributed by atoms with E-state index in [1.54, 1.807) is 31.2 Å². The van der Waals surface area contributed by atoms with Crippen molar-refractivity contribution >= 4 is 50.6 Å². The minimum atomic E-state index is -0.911. The maximum Gasteiger partial charge on any atom is 0.346 e. The molecule has 0 N–H and O–H groups in total. The summed E-state index contributed by atoms with van der Waals surface area (Å²) in [5, 5.41) is 5.20. The van der Waals surface area contributed by atoms with Gasteiger partial charge in [-0.05, 0) is 31.2 Å². The average molecular weight is 537 g/mol. The quantitative estimate of drug-likeness (QED) is 0.319. The van der Waals surface area contributed by atoms with E-state index in [-0.39, 0.29) is 17.2 Å². The fourth-order valence-electron chi connectivity index (χ4n) is 3.12. The fourth-order valence-corrected chi connectivity index (χ4v) is 3.70. The minimum Gasteiger partial charge on any atom is -0.493 e. The number of hydrogen-bond acceptors (Lipinski definition) is 7. The number of carbonyl (C=O) groups excluding carboxylic acids is 1. The normalized spacial score (nSPS) is 12.4. The van der Waals surface area contributed by atoms with E-state index in [1.807, 2.05) is 19.9 Å². The molecule has 10 heteroatoms. The van der Waals surface area contributed by atoms with Crippen molar-refractivity contribution in [3.05, 3.63) is 61.6 Å². The van der Waals surface area contributed by atoms with Crippen LogP contribution in [-0.2, 0) is 9.53 Å². The lowest BCUT2D eigenvalue weighted by atomic mass is 10.2. The monoisotopic (exact) mass is 535 g/mol. The summed E-state index contributed by atoms with van der Waals surface area (Å²) in [6, 6.07) is 8.46. The number of methoxy groups -OCH3 is 2. The Morgan fingerprint density at radius 1 is 1.21 bits per heavy atom. The summed E-state index contributed by atoms with van der Waals surface area (Å²) in [5.74, 6) is 0.394. The number of fused-ring (bicyclic) bond motifs is 1. The molecule has 0 spiro atoms. The number of nitrogens with zero attached hydrogens (tertiary/aromatic N) is 3. The third-order valence-electron chi connectivity index (χ3n) is 4.76. The molecular formula is C23H23BrClN3O5. The Hall–Kier alpha value is -2.91. The molecule has 1 atom stereocenters. The molecule has 0 amide bonds. The van der Waals surface area contributed by atoms with E-state index >= 15 is 0 Å². The van der Waals surface area contributed by atoms with Crippen molar-refractivity contribution in [2.45, 2.75) is 32.8 Å². The zero-order valence-electron chi connectivity index (χ0n) is 18.8. The van der Waals surface area contributed by atoms with Gasteiger partial charge in [-0.1, -0.05) is 41.4 Å². The molecule has 3 rings (SSSR count). The molecule has 0 saturated heterocycles. The molecule has 0 unspecified atom stereocenters. The van der Waals surface area contributed by atoms with Crippen LogP contribution in [0.3, 0.4) is 0 Å². The Kier molecular flexibility index (Phi) is 7.76. The third-order valence-corrected chi connectivity index (χ3v) is 5.47. The number of aromatic nitrogens is 2. The summed E-state index contributed by atoms with van der Waals surface area (Å²) in [7, 11) is 2.73. The van der Waals surface area contributed by atoms with Gasteiger partial charge in [-0.15, -0.1) is 0 Å². The lowest BCUT2D eigenvalue weighted by molar-refractivity contribution is -0.147. The van der Waals surface area contributed by atoms with E-state index < -0.39 is 12.1 Å². The molecule has 3 aromatic rings. The first kappa shape index (κ1) is 24.7. The van der Waals surface area contributed by atoms with Crippen LogP contribution < -0.4 is 15.0 Å². The number of ether oxygens (including phenoxy) is 3. The van der Waals surface area contributed by atoms with E-state index in [1.165, 1.54) is 25.1 Å². The van der Waals surface area contributed by atoms with Crippen LogP contribution in [0.2, 0.25) is 5.02 Å². The lowest BCUT2D eigenvalue weighted by Crippen LogP contribution is -2.26. The number of benzene rings is 2. The van der Waals surface area contributed by atoms with Crippen molar-refractivity contribution in [1.29, 1.82) is 0 Å². The summed E-state index contributed by atoms with van der Waals surface area (Å²) < 4.78 is 17.9. The molecule has 2 aromatic carbocycles. The molecule has 174 valence electrons. The summed E-state index contributed by atoms with van der Waals surface area (Å²) >= 11 is 9.63. The topological polar surface area (TPSA) is 92.0 Å². The van der Waals surface area contributed by atoms with Gasteiger partial charge in [0.1, 0.15) is 5.82 Å². The highest BCUT2D eigenvalue weighted by Crippen LogP contribution is 2.35. The second kappa shape index (κ2) is 10.4. The van der Waals surface area contributed by atoms with E-state index in [4.69, 9.17) is 25.8 Å². The summed E-state index contributed by atoms with van der Waals surface area (Å²) in [5.41, 5.74) is 0.672. The summed E-state index contributed by atoms with van der Waals surface area (Å²) in [6.45, 7) is 5.40. The Morgan fingerprint density at radius 3 is 2.58 bits per heavy atom. The SMILES string of the molecule is COC(=O)[C@H](C)Oc1c(C=Nn2c(C(C)C)nc3ccc(Br)cc3c2=O)cc(Cl)cc1OC. The van der Waals surface area contributed by atoms with Gasteiger partial charge in [0.25, 0.3) is 5.56 Å². The second-order valence-corrected chi connectivity index (χ2v) is 8.81. The van der Waals surface area contributed by atoms with Crippen LogP contribution in [0.1, 0.15) is 38.1 Å². The molecular weight excluding hydrogens is 514 g/mol. The largest absolute Gasteiger partial charge is 0.493 e. The molecule has 0 aliphatic carbocycles. The van der Waals surface area contributed by atoms with Crippen LogP contribution in [0.4, 0.5) is 0 Å². The van der Waals surface area contributed by atoms with E-state index in [0.29, 0.717) is 33.1 Å². The van der Waals surface area contributed by atoms with Gasteiger partial charge in [0.05, 0.1) is 31.3 Å². The van der Waals surface area contributed by atoms with Crippen LogP contribution in [0.25, 0.3) is 10.9 Å². The number of hydrogen-bond donors (Lipinski definition) is 0. The Morgan fingerprint density at radius 2 is 1.94 bits per heavy atom. The van der Waals surface area contributed by atoms with Gasteiger partial charge in [-0.2, -0.15) is 9.78 Å². The smallest absolute Gasteiger partial charge is 0.346 e. The van der Waals surface area contributed by atoms with Crippen molar-refractivity contribution < 1.29 is 19.0 Å². The van der Waals surface area contributed by atoms with Crippen LogP contribution in [-0.4, -0.2) is 42.2 Å². The predicted octanol–water partition coefficient (Wildman–Crippen LogP) is 4.77.